The standard InChI is InChI=1S/C28H33NO6/c1-7-14-35-20-10-8-9-18(16-20)24-23(26(31)27(32)29(24)13-15-33-5)25(30)19-11-12-22(34-6)21(17-19)28(2,3)4/h7-12,16-17,24,30H,1,13-15H2,2-6H3/b25-23+. The van der Waals surface area contributed by atoms with Crippen LogP contribution in [0.3, 0.4) is 0 Å². The van der Waals surface area contributed by atoms with Crippen molar-refractivity contribution in [3.05, 3.63) is 77.4 Å². The number of aliphatic hydroxyl groups is 1. The number of hydrogen-bond donors (Lipinski definition) is 1. The number of carbonyl (C=O) groups is 2. The second kappa shape index (κ2) is 10.8. The van der Waals surface area contributed by atoms with Crippen LogP contribution in [0.25, 0.3) is 5.76 Å². The number of benzene rings is 2. The number of nitrogens with zero attached hydrogens (tertiary/aromatic N) is 1. The lowest BCUT2D eigenvalue weighted by Gasteiger charge is -2.26. The third-order valence-electron chi connectivity index (χ3n) is 5.90. The molecule has 2 aromatic carbocycles. The van der Waals surface area contributed by atoms with Crippen molar-refractivity contribution in [1.29, 1.82) is 0 Å². The van der Waals surface area contributed by atoms with Gasteiger partial charge in [0, 0.05) is 24.8 Å². The number of carbonyl (C=O) groups excluding carboxylic acids is 2. The Balaban J connectivity index is 2.20. The maximum Gasteiger partial charge on any atom is 0.295 e. The summed E-state index contributed by atoms with van der Waals surface area (Å²) in [7, 11) is 3.12. The van der Waals surface area contributed by atoms with Gasteiger partial charge in [-0.2, -0.15) is 0 Å². The second-order valence-corrected chi connectivity index (χ2v) is 9.32. The van der Waals surface area contributed by atoms with Crippen molar-refractivity contribution in [2.75, 3.05) is 34.0 Å². The number of methoxy groups -OCH3 is 2. The van der Waals surface area contributed by atoms with Gasteiger partial charge < -0.3 is 24.2 Å². The van der Waals surface area contributed by atoms with Crippen LogP contribution in [0.4, 0.5) is 0 Å². The molecule has 1 amide bonds. The first-order chi connectivity index (χ1) is 16.6. The molecule has 3 rings (SSSR count). The van der Waals surface area contributed by atoms with E-state index in [2.05, 4.69) is 6.58 Å². The van der Waals surface area contributed by atoms with Crippen molar-refractivity contribution in [1.82, 2.24) is 4.90 Å². The third kappa shape index (κ3) is 5.41. The monoisotopic (exact) mass is 479 g/mol. The van der Waals surface area contributed by atoms with Gasteiger partial charge >= 0.3 is 0 Å². The van der Waals surface area contributed by atoms with Crippen LogP contribution < -0.4 is 9.47 Å². The molecule has 2 aromatic rings. The summed E-state index contributed by atoms with van der Waals surface area (Å²) in [5, 5.41) is 11.4. The van der Waals surface area contributed by atoms with E-state index in [9.17, 15) is 14.7 Å². The lowest BCUT2D eigenvalue weighted by Crippen LogP contribution is -2.32. The Bertz CT molecular complexity index is 1140. The maximum atomic E-state index is 13.2. The molecule has 0 radical (unpaired) electrons. The van der Waals surface area contributed by atoms with E-state index in [4.69, 9.17) is 14.2 Å². The molecular formula is C28H33NO6. The Kier molecular flexibility index (Phi) is 8.02. The topological polar surface area (TPSA) is 85.3 Å². The molecule has 1 N–H and O–H groups in total. The number of Topliss-reactive ketones (excluding diaryl/α,β-unsaturated/α-hetero) is 1. The van der Waals surface area contributed by atoms with Gasteiger partial charge in [0.1, 0.15) is 23.9 Å². The highest BCUT2D eigenvalue weighted by Crippen LogP contribution is 2.41. The quantitative estimate of drug-likeness (QED) is 0.244. The van der Waals surface area contributed by atoms with Crippen LogP contribution in [0.1, 0.15) is 43.5 Å². The normalized spacial score (nSPS) is 17.5. The highest BCUT2D eigenvalue weighted by Gasteiger charge is 2.46. The molecule has 1 heterocycles. The van der Waals surface area contributed by atoms with Gasteiger partial charge in [0.25, 0.3) is 11.7 Å². The molecule has 1 aliphatic rings. The third-order valence-corrected chi connectivity index (χ3v) is 5.90. The second-order valence-electron chi connectivity index (χ2n) is 9.32. The van der Waals surface area contributed by atoms with Crippen LogP contribution in [-0.2, 0) is 19.7 Å². The predicted octanol–water partition coefficient (Wildman–Crippen LogP) is 4.63. The van der Waals surface area contributed by atoms with Gasteiger partial charge in [0.05, 0.1) is 25.3 Å². The van der Waals surface area contributed by atoms with Gasteiger partial charge in [0.15, 0.2) is 0 Å². The zero-order valence-electron chi connectivity index (χ0n) is 21.0. The molecule has 0 saturated carbocycles. The number of rotatable bonds is 9. The molecule has 7 nitrogen and oxygen atoms in total. The summed E-state index contributed by atoms with van der Waals surface area (Å²) in [4.78, 5) is 27.7. The molecule has 1 saturated heterocycles. The summed E-state index contributed by atoms with van der Waals surface area (Å²) in [6.45, 7) is 10.5. The maximum absolute atomic E-state index is 13.2. The van der Waals surface area contributed by atoms with Crippen molar-refractivity contribution < 1.29 is 28.9 Å². The predicted molar refractivity (Wildman–Crippen MR) is 135 cm³/mol. The molecule has 1 atom stereocenters. The van der Waals surface area contributed by atoms with E-state index in [1.807, 2.05) is 20.8 Å². The molecule has 0 aromatic heterocycles. The first-order valence-electron chi connectivity index (χ1n) is 11.4. The molecule has 1 unspecified atom stereocenters. The van der Waals surface area contributed by atoms with Crippen LogP contribution in [0, 0.1) is 0 Å². The lowest BCUT2D eigenvalue weighted by molar-refractivity contribution is -0.140. The summed E-state index contributed by atoms with van der Waals surface area (Å²) in [5.74, 6) is -0.416. The molecule has 7 heteroatoms. The highest BCUT2D eigenvalue weighted by atomic mass is 16.5. The average Bonchev–Trinajstić information content (AvgIpc) is 3.09. The average molecular weight is 480 g/mol. The Morgan fingerprint density at radius 1 is 1.14 bits per heavy atom. The van der Waals surface area contributed by atoms with E-state index in [0.717, 1.165) is 5.56 Å². The van der Waals surface area contributed by atoms with E-state index < -0.39 is 17.7 Å². The smallest absolute Gasteiger partial charge is 0.295 e. The van der Waals surface area contributed by atoms with E-state index in [-0.39, 0.29) is 29.9 Å². The largest absolute Gasteiger partial charge is 0.507 e. The zero-order chi connectivity index (χ0) is 25.8. The molecule has 0 bridgehead atoms. The van der Waals surface area contributed by atoms with Crippen molar-refractivity contribution in [2.45, 2.75) is 32.2 Å². The number of ketones is 1. The fourth-order valence-electron chi connectivity index (χ4n) is 4.17. The van der Waals surface area contributed by atoms with E-state index in [0.29, 0.717) is 29.2 Å². The molecular weight excluding hydrogens is 446 g/mol. The molecule has 1 fully saturated rings. The van der Waals surface area contributed by atoms with E-state index in [1.54, 1.807) is 55.7 Å². The summed E-state index contributed by atoms with van der Waals surface area (Å²) < 4.78 is 16.3. The summed E-state index contributed by atoms with van der Waals surface area (Å²) >= 11 is 0. The molecule has 0 aliphatic carbocycles. The lowest BCUT2D eigenvalue weighted by atomic mass is 9.84. The molecule has 1 aliphatic heterocycles. The first kappa shape index (κ1) is 26.0. The van der Waals surface area contributed by atoms with Crippen molar-refractivity contribution in [3.8, 4) is 11.5 Å². The minimum Gasteiger partial charge on any atom is -0.507 e. The fraction of sp³-hybridized carbons (Fsp3) is 0.357. The van der Waals surface area contributed by atoms with Crippen molar-refractivity contribution in [3.63, 3.8) is 0 Å². The summed E-state index contributed by atoms with van der Waals surface area (Å²) in [5.41, 5.74) is 1.70. The number of amides is 1. The summed E-state index contributed by atoms with van der Waals surface area (Å²) in [6.07, 6.45) is 1.63. The van der Waals surface area contributed by atoms with Gasteiger partial charge in [0.2, 0.25) is 0 Å². The fourth-order valence-corrected chi connectivity index (χ4v) is 4.17. The Morgan fingerprint density at radius 2 is 1.89 bits per heavy atom. The van der Waals surface area contributed by atoms with Gasteiger partial charge in [-0.1, -0.05) is 45.6 Å². The molecule has 0 spiro atoms. The Hall–Kier alpha value is -3.58. The van der Waals surface area contributed by atoms with E-state index >= 15 is 0 Å². The zero-order valence-corrected chi connectivity index (χ0v) is 21.0. The first-order valence-corrected chi connectivity index (χ1v) is 11.4. The minimum atomic E-state index is -0.794. The van der Waals surface area contributed by atoms with Crippen LogP contribution in [0.5, 0.6) is 11.5 Å². The van der Waals surface area contributed by atoms with Gasteiger partial charge in [-0.25, -0.2) is 0 Å². The number of aliphatic hydroxyl groups excluding tert-OH is 1. The van der Waals surface area contributed by atoms with Crippen LogP contribution in [0.15, 0.2) is 60.7 Å². The van der Waals surface area contributed by atoms with Gasteiger partial charge in [-0.15, -0.1) is 0 Å². The van der Waals surface area contributed by atoms with E-state index in [1.165, 1.54) is 12.0 Å². The summed E-state index contributed by atoms with van der Waals surface area (Å²) in [6, 6.07) is 11.6. The van der Waals surface area contributed by atoms with Crippen molar-refractivity contribution in [2.24, 2.45) is 0 Å². The highest BCUT2D eigenvalue weighted by molar-refractivity contribution is 6.46. The number of likely N-dealkylation sites (tertiary alicyclic amines) is 1. The SMILES string of the molecule is C=CCOc1cccc(C2/C(=C(\O)c3ccc(OC)c(C(C)(C)C)c3)C(=O)C(=O)N2CCOC)c1. The Morgan fingerprint density at radius 3 is 2.51 bits per heavy atom. The molecule has 186 valence electrons. The van der Waals surface area contributed by atoms with Crippen LogP contribution in [-0.4, -0.2) is 55.7 Å². The Labute approximate surface area is 206 Å². The van der Waals surface area contributed by atoms with Crippen molar-refractivity contribution >= 4 is 17.4 Å². The molecule has 35 heavy (non-hydrogen) atoms. The minimum absolute atomic E-state index is 0.0250. The van der Waals surface area contributed by atoms with Crippen LogP contribution >= 0.6 is 0 Å². The van der Waals surface area contributed by atoms with Crippen LogP contribution in [0.2, 0.25) is 0 Å². The number of hydrogen-bond acceptors (Lipinski definition) is 6. The number of ether oxygens (including phenoxy) is 3. The van der Waals surface area contributed by atoms with Gasteiger partial charge in [-0.3, -0.25) is 9.59 Å². The van der Waals surface area contributed by atoms with Gasteiger partial charge in [-0.05, 0) is 41.3 Å².